The first kappa shape index (κ1) is 21.1. The molecule has 3 rings (SSSR count). The summed E-state index contributed by atoms with van der Waals surface area (Å²) in [5, 5.41) is 17.3. The number of hydrogen-bond acceptors (Lipinski definition) is 6. The first-order chi connectivity index (χ1) is 15.0. The van der Waals surface area contributed by atoms with Gasteiger partial charge in [0.05, 0.1) is 11.1 Å². The number of nitrogens with one attached hydrogen (secondary N) is 2. The number of nitro groups is 1. The predicted molar refractivity (Wildman–Crippen MR) is 115 cm³/mol. The number of nitrogens with zero attached hydrogens (tertiary/aromatic N) is 3. The maximum Gasteiger partial charge on any atom is 0.287 e. The zero-order chi connectivity index (χ0) is 22.1. The van der Waals surface area contributed by atoms with Crippen LogP contribution in [-0.2, 0) is 4.79 Å². The normalized spacial score (nSPS) is 11.2. The fourth-order valence-electron chi connectivity index (χ4n) is 2.48. The van der Waals surface area contributed by atoms with Gasteiger partial charge in [0.2, 0.25) is 0 Å². The van der Waals surface area contributed by atoms with Crippen LogP contribution < -0.4 is 10.7 Å². The molecule has 9 heteroatoms. The molecule has 0 aliphatic carbocycles. The van der Waals surface area contributed by atoms with Crippen LogP contribution >= 0.6 is 0 Å². The molecular weight excluding hydrogens is 398 g/mol. The lowest BCUT2D eigenvalue weighted by molar-refractivity contribution is -0.384. The molecule has 0 radical (unpaired) electrons. The van der Waals surface area contributed by atoms with Crippen molar-refractivity contribution in [3.63, 3.8) is 0 Å². The molecule has 0 saturated heterocycles. The molecule has 9 nitrogen and oxygen atoms in total. The average Bonchev–Trinajstić information content (AvgIpc) is 2.80. The summed E-state index contributed by atoms with van der Waals surface area (Å²) in [5.74, 6) is -1.14. The number of nitro benzene ring substituents is 1. The second-order valence-corrected chi connectivity index (χ2v) is 6.21. The van der Waals surface area contributed by atoms with Crippen molar-refractivity contribution in [1.82, 2.24) is 15.7 Å². The lowest BCUT2D eigenvalue weighted by Gasteiger charge is -2.09. The summed E-state index contributed by atoms with van der Waals surface area (Å²) in [6.07, 6.45) is 6.01. The Balaban J connectivity index is 1.82. The number of non-ortho nitro benzene ring substituents is 1. The van der Waals surface area contributed by atoms with Crippen molar-refractivity contribution in [1.29, 1.82) is 0 Å². The first-order valence-corrected chi connectivity index (χ1v) is 9.09. The smallest absolute Gasteiger partial charge is 0.287 e. The third kappa shape index (κ3) is 6.16. The number of hydrazone groups is 1. The molecule has 1 aromatic heterocycles. The van der Waals surface area contributed by atoms with Gasteiger partial charge in [-0.3, -0.25) is 24.7 Å². The van der Waals surface area contributed by atoms with Crippen molar-refractivity contribution >= 4 is 29.8 Å². The minimum absolute atomic E-state index is 0.0745. The number of hydrogen-bond donors (Lipinski definition) is 2. The summed E-state index contributed by atoms with van der Waals surface area (Å²) in [4.78, 5) is 39.4. The average molecular weight is 415 g/mol. The topological polar surface area (TPSA) is 127 Å². The zero-order valence-electron chi connectivity index (χ0n) is 16.1. The van der Waals surface area contributed by atoms with Crippen molar-refractivity contribution in [2.24, 2.45) is 5.10 Å². The molecule has 0 unspecified atom stereocenters. The van der Waals surface area contributed by atoms with E-state index in [-0.39, 0.29) is 11.4 Å². The molecule has 0 aliphatic rings. The van der Waals surface area contributed by atoms with Gasteiger partial charge in [0.25, 0.3) is 17.5 Å². The van der Waals surface area contributed by atoms with Crippen molar-refractivity contribution in [2.45, 2.75) is 0 Å². The van der Waals surface area contributed by atoms with Gasteiger partial charge in [0, 0.05) is 30.1 Å². The van der Waals surface area contributed by atoms with Crippen LogP contribution in [0.3, 0.4) is 0 Å². The number of amides is 2. The Morgan fingerprint density at radius 1 is 0.935 bits per heavy atom. The fraction of sp³-hybridized carbons (Fsp3) is 0. The minimum atomic E-state index is -0.659. The van der Waals surface area contributed by atoms with Crippen LogP contribution in [-0.4, -0.2) is 27.9 Å². The first-order valence-electron chi connectivity index (χ1n) is 9.09. The van der Waals surface area contributed by atoms with Gasteiger partial charge in [-0.15, -0.1) is 0 Å². The van der Waals surface area contributed by atoms with E-state index in [0.717, 1.165) is 5.56 Å². The number of rotatable bonds is 7. The molecule has 0 atom stereocenters. The Morgan fingerprint density at radius 3 is 2.26 bits per heavy atom. The van der Waals surface area contributed by atoms with Crippen molar-refractivity contribution in [3.8, 4) is 0 Å². The molecule has 0 fully saturated rings. The minimum Gasteiger partial charge on any atom is -0.317 e. The summed E-state index contributed by atoms with van der Waals surface area (Å²) in [6.45, 7) is 0. The van der Waals surface area contributed by atoms with Gasteiger partial charge in [-0.1, -0.05) is 18.2 Å². The molecule has 0 spiro atoms. The molecule has 31 heavy (non-hydrogen) atoms. The monoisotopic (exact) mass is 415 g/mol. The number of pyridine rings is 1. The third-order valence-corrected chi connectivity index (χ3v) is 4.03. The fourth-order valence-corrected chi connectivity index (χ4v) is 2.48. The lowest BCUT2D eigenvalue weighted by Crippen LogP contribution is -2.32. The van der Waals surface area contributed by atoms with Crippen LogP contribution in [0.15, 0.2) is 89.9 Å². The van der Waals surface area contributed by atoms with E-state index in [1.807, 2.05) is 0 Å². The van der Waals surface area contributed by atoms with E-state index in [1.165, 1.54) is 36.6 Å². The molecule has 0 bridgehead atoms. The molecule has 2 amide bonds. The quantitative estimate of drug-likeness (QED) is 0.265. The molecule has 2 N–H and O–H groups in total. The molecule has 0 saturated carbocycles. The highest BCUT2D eigenvalue weighted by molar-refractivity contribution is 6.05. The summed E-state index contributed by atoms with van der Waals surface area (Å²) >= 11 is 0. The van der Waals surface area contributed by atoms with Crippen LogP contribution in [0.1, 0.15) is 21.5 Å². The van der Waals surface area contributed by atoms with Gasteiger partial charge in [0.1, 0.15) is 5.70 Å². The van der Waals surface area contributed by atoms with Gasteiger partial charge in [-0.2, -0.15) is 5.10 Å². The van der Waals surface area contributed by atoms with Gasteiger partial charge >= 0.3 is 0 Å². The maximum atomic E-state index is 12.7. The molecule has 3 aromatic rings. The summed E-state index contributed by atoms with van der Waals surface area (Å²) in [5.41, 5.74) is 3.78. The van der Waals surface area contributed by atoms with Crippen LogP contribution in [0.4, 0.5) is 5.69 Å². The van der Waals surface area contributed by atoms with Crippen molar-refractivity contribution < 1.29 is 14.5 Å². The highest BCUT2D eigenvalue weighted by atomic mass is 16.6. The van der Waals surface area contributed by atoms with Gasteiger partial charge < -0.3 is 5.32 Å². The predicted octanol–water partition coefficient (Wildman–Crippen LogP) is 2.91. The van der Waals surface area contributed by atoms with E-state index >= 15 is 0 Å². The Bertz CT molecular complexity index is 1130. The van der Waals surface area contributed by atoms with Gasteiger partial charge in [-0.05, 0) is 53.6 Å². The number of carbonyl (C=O) groups is 2. The third-order valence-electron chi connectivity index (χ3n) is 4.03. The van der Waals surface area contributed by atoms with Gasteiger partial charge in [-0.25, -0.2) is 5.43 Å². The highest BCUT2D eigenvalue weighted by Gasteiger charge is 2.14. The largest absolute Gasteiger partial charge is 0.317 e. The van der Waals surface area contributed by atoms with E-state index in [2.05, 4.69) is 20.8 Å². The van der Waals surface area contributed by atoms with E-state index in [4.69, 9.17) is 0 Å². The SMILES string of the molecule is O=C(NN=Cc1ccncc1)C(=Cc1ccc([N+](=O)[O-])cc1)NC(=O)c1ccccc1. The zero-order valence-corrected chi connectivity index (χ0v) is 16.1. The van der Waals surface area contributed by atoms with E-state index in [0.29, 0.717) is 11.1 Å². The summed E-state index contributed by atoms with van der Waals surface area (Å²) in [7, 11) is 0. The van der Waals surface area contributed by atoms with Crippen LogP contribution in [0.25, 0.3) is 6.08 Å². The van der Waals surface area contributed by atoms with E-state index in [9.17, 15) is 19.7 Å². The maximum absolute atomic E-state index is 12.7. The number of carbonyl (C=O) groups excluding carboxylic acids is 2. The van der Waals surface area contributed by atoms with Crippen molar-refractivity contribution in [2.75, 3.05) is 0 Å². The summed E-state index contributed by atoms with van der Waals surface area (Å²) < 4.78 is 0. The van der Waals surface area contributed by atoms with Gasteiger partial charge in [0.15, 0.2) is 0 Å². The number of benzene rings is 2. The molecule has 0 aliphatic heterocycles. The van der Waals surface area contributed by atoms with Crippen LogP contribution in [0, 0.1) is 10.1 Å². The molecule has 154 valence electrons. The Labute approximate surface area is 177 Å². The van der Waals surface area contributed by atoms with Crippen LogP contribution in [0.5, 0.6) is 0 Å². The molecule has 2 aromatic carbocycles. The van der Waals surface area contributed by atoms with Crippen molar-refractivity contribution in [3.05, 3.63) is 112 Å². The Kier molecular flexibility index (Phi) is 6.94. The lowest BCUT2D eigenvalue weighted by atomic mass is 10.1. The standard InChI is InChI=1S/C22H17N5O4/c28-21(18-4-2-1-3-5-18)25-20(14-16-6-8-19(9-7-16)27(30)31)22(29)26-24-15-17-10-12-23-13-11-17/h1-15H,(H,25,28)(H,26,29). The second kappa shape index (κ2) is 10.2. The van der Waals surface area contributed by atoms with E-state index < -0.39 is 16.7 Å². The number of aromatic nitrogens is 1. The Hall–Kier alpha value is -4.66. The molecule has 1 heterocycles. The van der Waals surface area contributed by atoms with Crippen LogP contribution in [0.2, 0.25) is 0 Å². The van der Waals surface area contributed by atoms with E-state index in [1.54, 1.807) is 54.9 Å². The summed E-state index contributed by atoms with van der Waals surface area (Å²) in [6, 6.07) is 17.4. The second-order valence-electron chi connectivity index (χ2n) is 6.21. The highest BCUT2D eigenvalue weighted by Crippen LogP contribution is 2.14. The molecular formula is C22H17N5O4. The Morgan fingerprint density at radius 2 is 1.61 bits per heavy atom.